The van der Waals surface area contributed by atoms with Crippen molar-refractivity contribution >= 4 is 43.1 Å². The minimum absolute atomic E-state index is 0.312. The van der Waals surface area contributed by atoms with Gasteiger partial charge in [0.25, 0.3) is 0 Å². The van der Waals surface area contributed by atoms with Crippen LogP contribution >= 0.6 is 0 Å². The average Bonchev–Trinajstić information content (AvgIpc) is 3.54. The van der Waals surface area contributed by atoms with E-state index in [1.54, 1.807) is 0 Å². The van der Waals surface area contributed by atoms with Gasteiger partial charge in [0.2, 0.25) is 0 Å². The van der Waals surface area contributed by atoms with Gasteiger partial charge in [-0.05, 0) is 106 Å². The van der Waals surface area contributed by atoms with E-state index >= 15 is 0 Å². The zero-order valence-electron chi connectivity index (χ0n) is 33.9. The maximum absolute atomic E-state index is 5.12. The van der Waals surface area contributed by atoms with E-state index in [0.717, 1.165) is 16.7 Å². The molecule has 0 unspecified atom stereocenters. The molecule has 0 amide bonds. The van der Waals surface area contributed by atoms with Crippen LogP contribution in [0.2, 0.25) is 0 Å². The Bertz CT molecular complexity index is 3480. The Kier molecular flexibility index (Phi) is 7.88. The van der Waals surface area contributed by atoms with Crippen LogP contribution in [0, 0.1) is 0 Å². The fourth-order valence-electron chi connectivity index (χ4n) is 9.95. The normalized spacial score (nSPS) is 12.9. The lowest BCUT2D eigenvalue weighted by atomic mass is 9.79. The molecule has 1 aliphatic rings. The quantitative estimate of drug-likeness (QED) is 0.163. The summed E-state index contributed by atoms with van der Waals surface area (Å²) < 4.78 is 0. The van der Waals surface area contributed by atoms with E-state index in [2.05, 4.69) is 178 Å². The van der Waals surface area contributed by atoms with Crippen molar-refractivity contribution in [3.8, 4) is 67.5 Å². The second-order valence-electron chi connectivity index (χ2n) is 16.7. The summed E-state index contributed by atoms with van der Waals surface area (Å²) in [7, 11) is 0. The molecule has 0 aliphatic heterocycles. The van der Waals surface area contributed by atoms with Gasteiger partial charge in [0, 0.05) is 22.1 Å². The highest BCUT2D eigenvalue weighted by atomic mass is 15.0. The van der Waals surface area contributed by atoms with Gasteiger partial charge in [-0.1, -0.05) is 196 Å². The standard InChI is InChI=1S/C58H39N3/c1-58(2)51-33-40(57-60-55(38-19-5-3-6-20-38)59-56(61-57)39-21-7-4-8-22-39)31-32-43(51)48-34-49-50(35-52(48)58)54(45-30-16-24-37-18-10-12-26-42(37)45)47-28-14-13-27-46(47)53(49)44-29-15-23-36-17-9-11-25-41(36)44/h3-35H,1-2H3. The van der Waals surface area contributed by atoms with Crippen LogP contribution in [0.15, 0.2) is 200 Å². The van der Waals surface area contributed by atoms with E-state index in [1.165, 1.54) is 87.6 Å². The van der Waals surface area contributed by atoms with E-state index in [1.807, 2.05) is 36.4 Å². The number of rotatable bonds is 5. The monoisotopic (exact) mass is 777 g/mol. The van der Waals surface area contributed by atoms with Crippen LogP contribution in [0.4, 0.5) is 0 Å². The van der Waals surface area contributed by atoms with E-state index in [4.69, 9.17) is 15.0 Å². The fourth-order valence-corrected chi connectivity index (χ4v) is 9.95. The third-order valence-corrected chi connectivity index (χ3v) is 12.9. The number of hydrogen-bond donors (Lipinski definition) is 0. The van der Waals surface area contributed by atoms with E-state index < -0.39 is 0 Å². The van der Waals surface area contributed by atoms with Crippen molar-refractivity contribution in [2.45, 2.75) is 19.3 Å². The van der Waals surface area contributed by atoms with Gasteiger partial charge in [-0.2, -0.15) is 0 Å². The van der Waals surface area contributed by atoms with Crippen LogP contribution in [0.1, 0.15) is 25.0 Å². The van der Waals surface area contributed by atoms with E-state index in [9.17, 15) is 0 Å². The summed E-state index contributed by atoms with van der Waals surface area (Å²) in [6, 6.07) is 72.3. The Morgan fingerprint density at radius 2 is 0.721 bits per heavy atom. The maximum Gasteiger partial charge on any atom is 0.164 e. The van der Waals surface area contributed by atoms with Gasteiger partial charge < -0.3 is 0 Å². The number of benzene rings is 10. The fraction of sp³-hybridized carbons (Fsp3) is 0.0517. The maximum atomic E-state index is 5.12. The molecule has 1 aliphatic carbocycles. The Morgan fingerprint density at radius 3 is 1.26 bits per heavy atom. The number of fused-ring (bicyclic) bond motifs is 7. The van der Waals surface area contributed by atoms with Crippen LogP contribution in [-0.2, 0) is 5.41 Å². The van der Waals surface area contributed by atoms with Crippen molar-refractivity contribution in [1.82, 2.24) is 15.0 Å². The number of hydrogen-bond acceptors (Lipinski definition) is 3. The smallest absolute Gasteiger partial charge is 0.164 e. The first-order valence-corrected chi connectivity index (χ1v) is 21.0. The summed E-state index contributed by atoms with van der Waals surface area (Å²) in [5, 5.41) is 9.99. The molecule has 61 heavy (non-hydrogen) atoms. The van der Waals surface area contributed by atoms with Crippen molar-refractivity contribution in [3.05, 3.63) is 211 Å². The van der Waals surface area contributed by atoms with Crippen molar-refractivity contribution in [2.75, 3.05) is 0 Å². The Labute approximate surface area is 354 Å². The number of aromatic nitrogens is 3. The Balaban J connectivity index is 1.13. The van der Waals surface area contributed by atoms with Gasteiger partial charge in [0.1, 0.15) is 0 Å². The van der Waals surface area contributed by atoms with Crippen molar-refractivity contribution in [3.63, 3.8) is 0 Å². The second-order valence-corrected chi connectivity index (χ2v) is 16.7. The Hall–Kier alpha value is -7.75. The van der Waals surface area contributed by atoms with Gasteiger partial charge in [-0.25, -0.2) is 15.0 Å². The molecule has 286 valence electrons. The van der Waals surface area contributed by atoms with Crippen LogP contribution < -0.4 is 0 Å². The van der Waals surface area contributed by atoms with Gasteiger partial charge in [0.05, 0.1) is 0 Å². The summed E-state index contributed by atoms with van der Waals surface area (Å²) in [5.74, 6) is 1.98. The van der Waals surface area contributed by atoms with Crippen molar-refractivity contribution in [2.24, 2.45) is 0 Å². The zero-order valence-corrected chi connectivity index (χ0v) is 33.9. The van der Waals surface area contributed by atoms with Crippen LogP contribution in [0.25, 0.3) is 111 Å². The molecule has 0 bridgehead atoms. The topological polar surface area (TPSA) is 38.7 Å². The average molecular weight is 778 g/mol. The minimum atomic E-state index is -0.312. The molecule has 11 aromatic rings. The molecule has 0 saturated carbocycles. The molecule has 1 heterocycles. The molecule has 0 N–H and O–H groups in total. The molecule has 1 aromatic heterocycles. The largest absolute Gasteiger partial charge is 0.208 e. The summed E-state index contributed by atoms with van der Waals surface area (Å²) in [4.78, 5) is 15.2. The Morgan fingerprint density at radius 1 is 0.295 bits per heavy atom. The molecule has 12 rings (SSSR count). The van der Waals surface area contributed by atoms with Crippen molar-refractivity contribution < 1.29 is 0 Å². The first-order valence-electron chi connectivity index (χ1n) is 21.0. The first kappa shape index (κ1) is 35.2. The van der Waals surface area contributed by atoms with E-state index in [0.29, 0.717) is 17.5 Å². The minimum Gasteiger partial charge on any atom is -0.208 e. The molecular weight excluding hydrogens is 739 g/mol. The van der Waals surface area contributed by atoms with Crippen LogP contribution in [0.3, 0.4) is 0 Å². The lowest BCUT2D eigenvalue weighted by Gasteiger charge is -2.24. The van der Waals surface area contributed by atoms with Crippen molar-refractivity contribution in [1.29, 1.82) is 0 Å². The third kappa shape index (κ3) is 5.55. The summed E-state index contributed by atoms with van der Waals surface area (Å²) >= 11 is 0. The molecule has 3 nitrogen and oxygen atoms in total. The predicted octanol–water partition coefficient (Wildman–Crippen LogP) is 15.1. The highest BCUT2D eigenvalue weighted by Gasteiger charge is 2.37. The molecule has 0 radical (unpaired) electrons. The lowest BCUT2D eigenvalue weighted by molar-refractivity contribution is 0.661. The molecule has 0 spiro atoms. The first-order chi connectivity index (χ1) is 30.0. The van der Waals surface area contributed by atoms with Gasteiger partial charge in [-0.15, -0.1) is 0 Å². The second kappa shape index (κ2) is 13.7. The van der Waals surface area contributed by atoms with Crippen LogP contribution in [-0.4, -0.2) is 15.0 Å². The number of nitrogens with zero attached hydrogens (tertiary/aromatic N) is 3. The summed E-state index contributed by atoms with van der Waals surface area (Å²) in [6.45, 7) is 4.74. The third-order valence-electron chi connectivity index (χ3n) is 12.9. The van der Waals surface area contributed by atoms with Gasteiger partial charge >= 0.3 is 0 Å². The lowest BCUT2D eigenvalue weighted by Crippen LogP contribution is -2.15. The molecule has 3 heteroatoms. The van der Waals surface area contributed by atoms with Gasteiger partial charge in [-0.3, -0.25) is 0 Å². The van der Waals surface area contributed by atoms with E-state index in [-0.39, 0.29) is 5.41 Å². The predicted molar refractivity (Wildman–Crippen MR) is 255 cm³/mol. The molecule has 10 aromatic carbocycles. The molecular formula is C58H39N3. The summed E-state index contributed by atoms with van der Waals surface area (Å²) in [6.07, 6.45) is 0. The van der Waals surface area contributed by atoms with Gasteiger partial charge in [0.15, 0.2) is 17.5 Å². The molecule has 0 saturated heterocycles. The zero-order chi connectivity index (χ0) is 40.7. The molecule has 0 fully saturated rings. The highest BCUT2D eigenvalue weighted by molar-refractivity contribution is 6.26. The summed E-state index contributed by atoms with van der Waals surface area (Å²) in [5.41, 5.74) is 12.7. The highest BCUT2D eigenvalue weighted by Crippen LogP contribution is 2.54. The van der Waals surface area contributed by atoms with Crippen LogP contribution in [0.5, 0.6) is 0 Å². The molecule has 0 atom stereocenters. The SMILES string of the molecule is CC1(C)c2cc(-c3nc(-c4ccccc4)nc(-c4ccccc4)n3)ccc2-c2cc3c(-c4cccc5ccccc45)c4ccccc4c(-c4cccc5ccccc45)c3cc21.